The molecule has 2 aliphatic rings. The average Bonchev–Trinajstić information content (AvgIpc) is 2.67. The highest BCUT2D eigenvalue weighted by atomic mass is 16.2. The maximum absolute atomic E-state index is 12.0. The van der Waals surface area contributed by atoms with E-state index in [0.717, 1.165) is 37.5 Å². The number of nitrogens with zero attached hydrogens (tertiary/aromatic N) is 2. The Bertz CT molecular complexity index is 519. The molecule has 100 valence electrons. The van der Waals surface area contributed by atoms with Crippen LogP contribution in [-0.4, -0.2) is 36.3 Å². The lowest BCUT2D eigenvalue weighted by molar-refractivity contribution is -0.114. The lowest BCUT2D eigenvalue weighted by Crippen LogP contribution is -2.44. The first kappa shape index (κ1) is 12.4. The topological polar surface area (TPSA) is 40.6 Å². The van der Waals surface area contributed by atoms with E-state index >= 15 is 0 Å². The van der Waals surface area contributed by atoms with Gasteiger partial charge in [0.1, 0.15) is 0 Å². The van der Waals surface area contributed by atoms with Crippen molar-refractivity contribution in [3.8, 4) is 0 Å². The van der Waals surface area contributed by atoms with Crippen LogP contribution in [0.25, 0.3) is 0 Å². The summed E-state index contributed by atoms with van der Waals surface area (Å²) >= 11 is 0. The number of hydrogen-bond acceptors (Lipinski definition) is 3. The van der Waals surface area contributed by atoms with Crippen molar-refractivity contribution in [2.24, 2.45) is 5.92 Å². The first-order chi connectivity index (χ1) is 9.16. The Morgan fingerprint density at radius 2 is 1.84 bits per heavy atom. The number of fused-ring (bicyclic) bond motifs is 1. The largest absolute Gasteiger partial charge is 0.300 e. The number of hydrogen-bond donors (Lipinski definition) is 0. The summed E-state index contributed by atoms with van der Waals surface area (Å²) < 4.78 is 0. The van der Waals surface area contributed by atoms with Crippen LogP contribution < -0.4 is 4.90 Å². The SMILES string of the molecule is CC1CCN(CN2C(=O)C(=O)c3ccccc32)CC1. The van der Waals surface area contributed by atoms with Crippen molar-refractivity contribution < 1.29 is 9.59 Å². The number of amides is 1. The minimum absolute atomic E-state index is 0.374. The third kappa shape index (κ3) is 2.16. The highest BCUT2D eigenvalue weighted by Gasteiger charge is 2.36. The highest BCUT2D eigenvalue weighted by Crippen LogP contribution is 2.29. The van der Waals surface area contributed by atoms with Crippen molar-refractivity contribution >= 4 is 17.4 Å². The number of rotatable bonds is 2. The van der Waals surface area contributed by atoms with Gasteiger partial charge in [-0.2, -0.15) is 0 Å². The quantitative estimate of drug-likeness (QED) is 0.761. The lowest BCUT2D eigenvalue weighted by atomic mass is 10.00. The molecule has 2 aliphatic heterocycles. The first-order valence-electron chi connectivity index (χ1n) is 6.84. The normalized spacial score (nSPS) is 21.0. The van der Waals surface area contributed by atoms with Crippen LogP contribution in [0.15, 0.2) is 24.3 Å². The van der Waals surface area contributed by atoms with Gasteiger partial charge in [-0.05, 0) is 30.9 Å². The number of likely N-dealkylation sites (tertiary alicyclic amines) is 1. The Kier molecular flexibility index (Phi) is 3.11. The standard InChI is InChI=1S/C15H18N2O2/c1-11-6-8-16(9-7-11)10-17-13-5-3-2-4-12(13)14(18)15(17)19/h2-5,11H,6-10H2,1H3. The van der Waals surface area contributed by atoms with Crippen molar-refractivity contribution in [2.75, 3.05) is 24.7 Å². The molecule has 0 aromatic heterocycles. The van der Waals surface area contributed by atoms with Gasteiger partial charge in [-0.15, -0.1) is 0 Å². The highest BCUT2D eigenvalue weighted by molar-refractivity contribution is 6.52. The van der Waals surface area contributed by atoms with Crippen molar-refractivity contribution in [2.45, 2.75) is 19.8 Å². The molecule has 1 aromatic rings. The first-order valence-corrected chi connectivity index (χ1v) is 6.84. The molecule has 0 radical (unpaired) electrons. The monoisotopic (exact) mass is 258 g/mol. The van der Waals surface area contributed by atoms with Gasteiger partial charge in [0, 0.05) is 13.1 Å². The van der Waals surface area contributed by atoms with Crippen LogP contribution >= 0.6 is 0 Å². The molecule has 1 aromatic carbocycles. The Morgan fingerprint density at radius 3 is 2.58 bits per heavy atom. The Balaban J connectivity index is 1.78. The summed E-state index contributed by atoms with van der Waals surface area (Å²) in [6, 6.07) is 7.25. The molecule has 0 N–H and O–H groups in total. The van der Waals surface area contributed by atoms with E-state index in [0.29, 0.717) is 12.2 Å². The molecule has 0 saturated carbocycles. The van der Waals surface area contributed by atoms with Gasteiger partial charge in [0.05, 0.1) is 17.9 Å². The molecule has 1 saturated heterocycles. The lowest BCUT2D eigenvalue weighted by Gasteiger charge is -2.33. The van der Waals surface area contributed by atoms with Crippen LogP contribution in [0.1, 0.15) is 30.1 Å². The van der Waals surface area contributed by atoms with Crippen LogP contribution in [0.3, 0.4) is 0 Å². The van der Waals surface area contributed by atoms with Crippen molar-refractivity contribution in [3.63, 3.8) is 0 Å². The summed E-state index contributed by atoms with van der Waals surface area (Å²) in [4.78, 5) is 27.8. The molecule has 0 bridgehead atoms. The van der Waals surface area contributed by atoms with Crippen LogP contribution in [0.5, 0.6) is 0 Å². The number of para-hydroxylation sites is 1. The number of ketones is 1. The van der Waals surface area contributed by atoms with Gasteiger partial charge in [0.2, 0.25) is 0 Å². The summed E-state index contributed by atoms with van der Waals surface area (Å²) in [5, 5.41) is 0. The molecule has 0 unspecified atom stereocenters. The Labute approximate surface area is 113 Å². The van der Waals surface area contributed by atoms with E-state index in [2.05, 4.69) is 11.8 Å². The van der Waals surface area contributed by atoms with Crippen LogP contribution in [0.4, 0.5) is 5.69 Å². The van der Waals surface area contributed by atoms with Crippen LogP contribution in [0.2, 0.25) is 0 Å². The van der Waals surface area contributed by atoms with Gasteiger partial charge in [-0.25, -0.2) is 0 Å². The number of carbonyl (C=O) groups excluding carboxylic acids is 2. The van der Waals surface area contributed by atoms with Crippen molar-refractivity contribution in [1.82, 2.24) is 4.90 Å². The fourth-order valence-corrected chi connectivity index (χ4v) is 2.79. The van der Waals surface area contributed by atoms with Gasteiger partial charge in [-0.1, -0.05) is 19.1 Å². The number of benzene rings is 1. The maximum Gasteiger partial charge on any atom is 0.300 e. The Hall–Kier alpha value is -1.68. The molecule has 1 fully saturated rings. The second-order valence-corrected chi connectivity index (χ2v) is 5.52. The number of carbonyl (C=O) groups is 2. The number of anilines is 1. The molecule has 0 aliphatic carbocycles. The van der Waals surface area contributed by atoms with Crippen LogP contribution in [0, 0.1) is 5.92 Å². The average molecular weight is 258 g/mol. The predicted octanol–water partition coefficient (Wildman–Crippen LogP) is 1.91. The maximum atomic E-state index is 12.0. The molecular formula is C15H18N2O2. The van der Waals surface area contributed by atoms with Gasteiger partial charge >= 0.3 is 5.91 Å². The van der Waals surface area contributed by atoms with Gasteiger partial charge in [0.15, 0.2) is 0 Å². The van der Waals surface area contributed by atoms with Gasteiger partial charge in [-0.3, -0.25) is 19.4 Å². The molecule has 4 nitrogen and oxygen atoms in total. The molecule has 2 heterocycles. The fourth-order valence-electron chi connectivity index (χ4n) is 2.79. The van der Waals surface area contributed by atoms with E-state index in [9.17, 15) is 9.59 Å². The van der Waals surface area contributed by atoms with E-state index in [4.69, 9.17) is 0 Å². The van der Waals surface area contributed by atoms with Crippen LogP contribution in [-0.2, 0) is 4.79 Å². The predicted molar refractivity (Wildman–Crippen MR) is 73.1 cm³/mol. The smallest absolute Gasteiger partial charge is 0.291 e. The van der Waals surface area contributed by atoms with E-state index < -0.39 is 0 Å². The molecule has 1 amide bonds. The second-order valence-electron chi connectivity index (χ2n) is 5.52. The third-order valence-electron chi connectivity index (χ3n) is 4.10. The number of Topliss-reactive ketones (excluding diaryl/α,β-unsaturated/α-hetero) is 1. The molecule has 0 atom stereocenters. The zero-order chi connectivity index (χ0) is 13.4. The summed E-state index contributed by atoms with van der Waals surface area (Å²) in [5.74, 6) is 0.000229. The van der Waals surface area contributed by atoms with E-state index in [1.54, 1.807) is 17.0 Å². The molecule has 4 heteroatoms. The molecular weight excluding hydrogens is 240 g/mol. The van der Waals surface area contributed by atoms with Gasteiger partial charge in [0.25, 0.3) is 5.78 Å². The van der Waals surface area contributed by atoms with E-state index in [1.807, 2.05) is 12.1 Å². The van der Waals surface area contributed by atoms with Crippen molar-refractivity contribution in [1.29, 1.82) is 0 Å². The minimum atomic E-state index is -0.389. The molecule has 0 spiro atoms. The minimum Gasteiger partial charge on any atom is -0.291 e. The summed E-state index contributed by atoms with van der Waals surface area (Å²) in [6.45, 7) is 4.80. The molecule has 3 rings (SSSR count). The zero-order valence-corrected chi connectivity index (χ0v) is 11.1. The Morgan fingerprint density at radius 1 is 1.16 bits per heavy atom. The second kappa shape index (κ2) is 4.78. The fraction of sp³-hybridized carbons (Fsp3) is 0.467. The summed E-state index contributed by atoms with van der Waals surface area (Å²) in [5.41, 5.74) is 1.30. The third-order valence-corrected chi connectivity index (χ3v) is 4.10. The number of piperidine rings is 1. The summed E-state index contributed by atoms with van der Waals surface area (Å²) in [6.07, 6.45) is 2.33. The zero-order valence-electron chi connectivity index (χ0n) is 11.1. The van der Waals surface area contributed by atoms with E-state index in [1.165, 1.54) is 0 Å². The van der Waals surface area contributed by atoms with E-state index in [-0.39, 0.29) is 11.7 Å². The van der Waals surface area contributed by atoms with Gasteiger partial charge < -0.3 is 0 Å². The molecule has 19 heavy (non-hydrogen) atoms. The summed E-state index contributed by atoms with van der Waals surface area (Å²) in [7, 11) is 0. The van der Waals surface area contributed by atoms with Crippen molar-refractivity contribution in [3.05, 3.63) is 29.8 Å².